The van der Waals surface area contributed by atoms with Crippen LogP contribution in [0.3, 0.4) is 0 Å². The molecule has 0 atom stereocenters. The predicted octanol–water partition coefficient (Wildman–Crippen LogP) is 3.57. The number of hydrogen-bond donors (Lipinski definition) is 2. The van der Waals surface area contributed by atoms with E-state index in [2.05, 4.69) is 32.4 Å². The Bertz CT molecular complexity index is 679. The molecule has 0 saturated carbocycles. The summed E-state index contributed by atoms with van der Waals surface area (Å²) in [5.74, 6) is 0.219. The lowest BCUT2D eigenvalue weighted by molar-refractivity contribution is -0.113. The zero-order valence-corrected chi connectivity index (χ0v) is 14.3. The summed E-state index contributed by atoms with van der Waals surface area (Å²) in [5.41, 5.74) is 0. The van der Waals surface area contributed by atoms with Gasteiger partial charge in [-0.1, -0.05) is 52.4 Å². The number of anilines is 2. The third-order valence-electron chi connectivity index (χ3n) is 2.20. The SMILES string of the molecule is C=CCNc1nnc(SCC(=O)Nc2ncc(Cl)cc2Cl)s1. The molecule has 0 aromatic carbocycles. The number of carbonyl (C=O) groups excluding carboxylic acids is 1. The van der Waals surface area contributed by atoms with E-state index in [0.29, 0.717) is 21.0 Å². The predicted molar refractivity (Wildman–Crippen MR) is 92.2 cm³/mol. The highest BCUT2D eigenvalue weighted by Gasteiger charge is 2.10. The number of aromatic nitrogens is 3. The molecule has 0 aliphatic heterocycles. The summed E-state index contributed by atoms with van der Waals surface area (Å²) in [6.07, 6.45) is 3.14. The molecular weight excluding hydrogens is 365 g/mol. The molecule has 0 aliphatic rings. The molecular formula is C12H11Cl2N5OS2. The maximum absolute atomic E-state index is 11.9. The van der Waals surface area contributed by atoms with Gasteiger partial charge in [0.25, 0.3) is 0 Å². The van der Waals surface area contributed by atoms with Crippen molar-refractivity contribution in [3.8, 4) is 0 Å². The molecule has 6 nitrogen and oxygen atoms in total. The highest BCUT2D eigenvalue weighted by molar-refractivity contribution is 8.01. The van der Waals surface area contributed by atoms with E-state index in [4.69, 9.17) is 23.2 Å². The molecule has 0 bridgehead atoms. The van der Waals surface area contributed by atoms with Gasteiger partial charge in [0.05, 0.1) is 15.8 Å². The quantitative estimate of drug-likeness (QED) is 0.568. The zero-order chi connectivity index (χ0) is 15.9. The average molecular weight is 376 g/mol. The van der Waals surface area contributed by atoms with E-state index in [-0.39, 0.29) is 22.5 Å². The first-order valence-electron chi connectivity index (χ1n) is 6.00. The second kappa shape index (κ2) is 8.33. The van der Waals surface area contributed by atoms with Gasteiger partial charge in [0, 0.05) is 12.7 Å². The van der Waals surface area contributed by atoms with Crippen LogP contribution in [0.4, 0.5) is 10.9 Å². The van der Waals surface area contributed by atoms with E-state index in [1.165, 1.54) is 35.4 Å². The first-order valence-corrected chi connectivity index (χ1v) is 8.56. The molecule has 10 heteroatoms. The second-order valence-electron chi connectivity index (χ2n) is 3.86. The molecule has 22 heavy (non-hydrogen) atoms. The molecule has 0 aliphatic carbocycles. The van der Waals surface area contributed by atoms with Gasteiger partial charge in [-0.15, -0.1) is 16.8 Å². The molecule has 2 heterocycles. The summed E-state index contributed by atoms with van der Waals surface area (Å²) in [5, 5.41) is 14.9. The number of nitrogens with one attached hydrogen (secondary N) is 2. The fraction of sp³-hybridized carbons (Fsp3) is 0.167. The molecule has 0 spiro atoms. The Hall–Kier alpha value is -1.35. The van der Waals surface area contributed by atoms with Crippen molar-refractivity contribution in [3.63, 3.8) is 0 Å². The van der Waals surface area contributed by atoms with Crippen molar-refractivity contribution < 1.29 is 4.79 Å². The van der Waals surface area contributed by atoms with Crippen molar-refractivity contribution in [1.82, 2.24) is 15.2 Å². The normalized spacial score (nSPS) is 10.3. The van der Waals surface area contributed by atoms with Crippen LogP contribution in [0.15, 0.2) is 29.3 Å². The number of nitrogens with zero attached hydrogens (tertiary/aromatic N) is 3. The third-order valence-corrected chi connectivity index (χ3v) is 4.71. The Morgan fingerprint density at radius 3 is 3.00 bits per heavy atom. The van der Waals surface area contributed by atoms with Crippen molar-refractivity contribution in [2.75, 3.05) is 22.9 Å². The van der Waals surface area contributed by atoms with Gasteiger partial charge in [-0.3, -0.25) is 4.79 Å². The Labute approximate surface area is 145 Å². The molecule has 2 rings (SSSR count). The van der Waals surface area contributed by atoms with Crippen LogP contribution in [-0.4, -0.2) is 33.4 Å². The minimum absolute atomic E-state index is 0.177. The minimum Gasteiger partial charge on any atom is -0.357 e. The van der Waals surface area contributed by atoms with Gasteiger partial charge in [0.1, 0.15) is 0 Å². The van der Waals surface area contributed by atoms with E-state index in [1.807, 2.05) is 0 Å². The Morgan fingerprint density at radius 2 is 2.27 bits per heavy atom. The van der Waals surface area contributed by atoms with E-state index in [1.54, 1.807) is 6.08 Å². The summed E-state index contributed by atoms with van der Waals surface area (Å²) < 4.78 is 0.692. The lowest BCUT2D eigenvalue weighted by atomic mass is 10.4. The maximum Gasteiger partial charge on any atom is 0.236 e. The first-order chi connectivity index (χ1) is 10.6. The van der Waals surface area contributed by atoms with Gasteiger partial charge in [0.2, 0.25) is 11.0 Å². The van der Waals surface area contributed by atoms with Crippen LogP contribution in [0.2, 0.25) is 10.0 Å². The third kappa shape index (κ3) is 5.13. The minimum atomic E-state index is -0.238. The monoisotopic (exact) mass is 375 g/mol. The van der Waals surface area contributed by atoms with Gasteiger partial charge < -0.3 is 10.6 Å². The van der Waals surface area contributed by atoms with Crippen molar-refractivity contribution in [1.29, 1.82) is 0 Å². The lowest BCUT2D eigenvalue weighted by Gasteiger charge is -2.05. The van der Waals surface area contributed by atoms with Crippen LogP contribution in [0.5, 0.6) is 0 Å². The van der Waals surface area contributed by atoms with Gasteiger partial charge in [-0.05, 0) is 6.07 Å². The Kier molecular flexibility index (Phi) is 6.44. The molecule has 1 amide bonds. The van der Waals surface area contributed by atoms with Crippen LogP contribution in [0, 0.1) is 0 Å². The lowest BCUT2D eigenvalue weighted by Crippen LogP contribution is -2.15. The zero-order valence-electron chi connectivity index (χ0n) is 11.2. The van der Waals surface area contributed by atoms with Crippen LogP contribution in [-0.2, 0) is 4.79 Å². The van der Waals surface area contributed by atoms with Gasteiger partial charge in [-0.2, -0.15) is 0 Å². The molecule has 0 radical (unpaired) electrons. The van der Waals surface area contributed by atoms with Crippen molar-refractivity contribution in [2.24, 2.45) is 0 Å². The van der Waals surface area contributed by atoms with Crippen LogP contribution in [0.1, 0.15) is 0 Å². The summed E-state index contributed by atoms with van der Waals surface area (Å²) >= 11 is 14.3. The standard InChI is InChI=1S/C12H11Cl2N5OS2/c1-2-3-15-11-18-19-12(22-11)21-6-9(20)17-10-8(14)4-7(13)5-16-10/h2,4-5H,1,3,6H2,(H,15,18)(H,16,17,20). The van der Waals surface area contributed by atoms with E-state index in [9.17, 15) is 4.79 Å². The Morgan fingerprint density at radius 1 is 1.45 bits per heavy atom. The topological polar surface area (TPSA) is 79.8 Å². The maximum atomic E-state index is 11.9. The molecule has 116 valence electrons. The van der Waals surface area contributed by atoms with Gasteiger partial charge in [0.15, 0.2) is 10.2 Å². The van der Waals surface area contributed by atoms with Crippen molar-refractivity contribution in [2.45, 2.75) is 4.34 Å². The second-order valence-corrected chi connectivity index (χ2v) is 6.91. The average Bonchev–Trinajstić information content (AvgIpc) is 2.94. The van der Waals surface area contributed by atoms with Crippen LogP contribution in [0.25, 0.3) is 0 Å². The number of halogens is 2. The van der Waals surface area contributed by atoms with Crippen LogP contribution >= 0.6 is 46.3 Å². The smallest absolute Gasteiger partial charge is 0.236 e. The first kappa shape index (κ1) is 17.0. The number of rotatable bonds is 7. The number of hydrogen-bond acceptors (Lipinski definition) is 7. The summed E-state index contributed by atoms with van der Waals surface area (Å²) in [7, 11) is 0. The van der Waals surface area contributed by atoms with Crippen LogP contribution < -0.4 is 10.6 Å². The van der Waals surface area contributed by atoms with Crippen molar-refractivity contribution >= 4 is 63.2 Å². The van der Waals surface area contributed by atoms with E-state index in [0.717, 1.165) is 0 Å². The Balaban J connectivity index is 1.84. The highest BCUT2D eigenvalue weighted by Crippen LogP contribution is 2.26. The highest BCUT2D eigenvalue weighted by atomic mass is 35.5. The molecule has 2 aromatic heterocycles. The molecule has 2 N–H and O–H groups in total. The van der Waals surface area contributed by atoms with Gasteiger partial charge >= 0.3 is 0 Å². The molecule has 2 aromatic rings. The van der Waals surface area contributed by atoms with Crippen molar-refractivity contribution in [3.05, 3.63) is 35.0 Å². The van der Waals surface area contributed by atoms with E-state index >= 15 is 0 Å². The number of pyridine rings is 1. The fourth-order valence-electron chi connectivity index (χ4n) is 1.30. The molecule has 0 unspecified atom stereocenters. The summed E-state index contributed by atoms with van der Waals surface area (Å²) in [4.78, 5) is 15.8. The fourth-order valence-corrected chi connectivity index (χ4v) is 3.29. The van der Waals surface area contributed by atoms with Gasteiger partial charge in [-0.25, -0.2) is 4.98 Å². The molecule has 0 fully saturated rings. The number of thioether (sulfide) groups is 1. The summed E-state index contributed by atoms with van der Waals surface area (Å²) in [6.45, 7) is 4.22. The number of carbonyl (C=O) groups is 1. The largest absolute Gasteiger partial charge is 0.357 e. The number of amides is 1. The van der Waals surface area contributed by atoms with E-state index < -0.39 is 0 Å². The molecule has 0 saturated heterocycles. The summed E-state index contributed by atoms with van der Waals surface area (Å²) in [6, 6.07) is 1.52.